The fourth-order valence-electron chi connectivity index (χ4n) is 1.35. The van der Waals surface area contributed by atoms with Crippen molar-refractivity contribution in [1.82, 2.24) is 9.80 Å². The SMILES string of the molecule is C=C(C(=O)OCC)N(C)C.C=C(C(=O)OCC)N(CC)CC. The van der Waals surface area contributed by atoms with Crippen LogP contribution in [-0.4, -0.2) is 62.1 Å². The minimum atomic E-state index is -0.354. The lowest BCUT2D eigenvalue weighted by molar-refractivity contribution is -0.141. The van der Waals surface area contributed by atoms with E-state index in [-0.39, 0.29) is 11.9 Å². The second-order valence-electron chi connectivity index (χ2n) is 4.40. The summed E-state index contributed by atoms with van der Waals surface area (Å²) in [5.74, 6) is -0.672. The number of carbonyl (C=O) groups excluding carboxylic acids is 2. The highest BCUT2D eigenvalue weighted by Crippen LogP contribution is 2.02. The van der Waals surface area contributed by atoms with E-state index in [1.807, 2.05) is 18.7 Å². The summed E-state index contributed by atoms with van der Waals surface area (Å²) >= 11 is 0. The molecule has 0 amide bonds. The highest BCUT2D eigenvalue weighted by molar-refractivity contribution is 5.87. The molecule has 0 saturated heterocycles. The maximum absolute atomic E-state index is 11.1. The summed E-state index contributed by atoms with van der Waals surface area (Å²) in [7, 11) is 3.50. The molecule has 0 aromatic carbocycles. The number of likely N-dealkylation sites (N-methyl/N-ethyl adjacent to an activating group) is 2. The molecular weight excluding hydrogens is 284 g/mol. The Morgan fingerprint density at radius 3 is 1.45 bits per heavy atom. The van der Waals surface area contributed by atoms with Crippen molar-refractivity contribution in [3.63, 3.8) is 0 Å². The van der Waals surface area contributed by atoms with Crippen LogP contribution >= 0.6 is 0 Å². The van der Waals surface area contributed by atoms with Crippen molar-refractivity contribution in [1.29, 1.82) is 0 Å². The normalized spacial score (nSPS) is 9.00. The second-order valence-corrected chi connectivity index (χ2v) is 4.40. The summed E-state index contributed by atoms with van der Waals surface area (Å²) in [6.07, 6.45) is 0. The molecule has 0 radical (unpaired) electrons. The van der Waals surface area contributed by atoms with Crippen molar-refractivity contribution in [2.45, 2.75) is 27.7 Å². The summed E-state index contributed by atoms with van der Waals surface area (Å²) in [6.45, 7) is 17.1. The van der Waals surface area contributed by atoms with E-state index in [4.69, 9.17) is 4.74 Å². The zero-order valence-corrected chi connectivity index (χ0v) is 14.8. The fraction of sp³-hybridized carbons (Fsp3) is 0.625. The first-order valence-corrected chi connectivity index (χ1v) is 7.40. The second kappa shape index (κ2) is 12.7. The zero-order chi connectivity index (χ0) is 17.7. The zero-order valence-electron chi connectivity index (χ0n) is 14.8. The maximum Gasteiger partial charge on any atom is 0.353 e. The topological polar surface area (TPSA) is 59.1 Å². The van der Waals surface area contributed by atoms with Crippen molar-refractivity contribution in [2.24, 2.45) is 0 Å². The van der Waals surface area contributed by atoms with Gasteiger partial charge in [0, 0.05) is 27.2 Å². The van der Waals surface area contributed by atoms with E-state index in [1.54, 1.807) is 32.8 Å². The number of hydrogen-bond donors (Lipinski definition) is 0. The van der Waals surface area contributed by atoms with Gasteiger partial charge in [0.1, 0.15) is 11.4 Å². The highest BCUT2D eigenvalue weighted by atomic mass is 16.5. The van der Waals surface area contributed by atoms with Crippen molar-refractivity contribution >= 4 is 11.9 Å². The van der Waals surface area contributed by atoms with E-state index in [0.29, 0.717) is 24.6 Å². The van der Waals surface area contributed by atoms with E-state index in [2.05, 4.69) is 17.9 Å². The smallest absolute Gasteiger partial charge is 0.353 e. The molecule has 22 heavy (non-hydrogen) atoms. The van der Waals surface area contributed by atoms with Crippen LogP contribution in [0.1, 0.15) is 27.7 Å². The van der Waals surface area contributed by atoms with Gasteiger partial charge in [-0.05, 0) is 27.7 Å². The van der Waals surface area contributed by atoms with Gasteiger partial charge in [0.15, 0.2) is 0 Å². The fourth-order valence-corrected chi connectivity index (χ4v) is 1.35. The Bertz CT molecular complexity index is 374. The van der Waals surface area contributed by atoms with Gasteiger partial charge in [-0.3, -0.25) is 0 Å². The van der Waals surface area contributed by atoms with Gasteiger partial charge in [0.25, 0.3) is 0 Å². The van der Waals surface area contributed by atoms with Crippen LogP contribution < -0.4 is 0 Å². The monoisotopic (exact) mass is 314 g/mol. The van der Waals surface area contributed by atoms with Gasteiger partial charge in [-0.2, -0.15) is 0 Å². The van der Waals surface area contributed by atoms with Crippen LogP contribution in [0.4, 0.5) is 0 Å². The number of rotatable bonds is 8. The van der Waals surface area contributed by atoms with Crippen LogP contribution in [0.5, 0.6) is 0 Å². The van der Waals surface area contributed by atoms with E-state index in [9.17, 15) is 9.59 Å². The van der Waals surface area contributed by atoms with Crippen LogP contribution in [0.25, 0.3) is 0 Å². The minimum absolute atomic E-state index is 0.318. The largest absolute Gasteiger partial charge is 0.461 e. The number of nitrogens with zero attached hydrogens (tertiary/aromatic N) is 2. The van der Waals surface area contributed by atoms with Gasteiger partial charge < -0.3 is 19.3 Å². The lowest BCUT2D eigenvalue weighted by Gasteiger charge is -2.21. The number of carbonyl (C=O) groups is 2. The Kier molecular flexibility index (Phi) is 12.9. The average molecular weight is 314 g/mol. The molecule has 0 spiro atoms. The molecule has 0 heterocycles. The molecule has 0 aliphatic carbocycles. The summed E-state index contributed by atoms with van der Waals surface area (Å²) in [4.78, 5) is 25.5. The first-order chi connectivity index (χ1) is 10.3. The van der Waals surface area contributed by atoms with Gasteiger partial charge in [0.05, 0.1) is 13.2 Å². The Morgan fingerprint density at radius 2 is 1.18 bits per heavy atom. The number of ether oxygens (including phenoxy) is 2. The standard InChI is InChI=1S/C9H17NO2.C7H13NO2/c1-5-10(6-2)8(4)9(11)12-7-3;1-5-10-7(9)6(2)8(3)4/h4-7H2,1-3H3;2,5H2,1,3-4H3. The lowest BCUT2D eigenvalue weighted by atomic mass is 10.4. The van der Waals surface area contributed by atoms with Gasteiger partial charge in [-0.25, -0.2) is 9.59 Å². The van der Waals surface area contributed by atoms with Crippen LogP contribution in [0.3, 0.4) is 0 Å². The predicted molar refractivity (Wildman–Crippen MR) is 88.2 cm³/mol. The first-order valence-electron chi connectivity index (χ1n) is 7.40. The van der Waals surface area contributed by atoms with Crippen LogP contribution in [0.2, 0.25) is 0 Å². The van der Waals surface area contributed by atoms with Crippen molar-refractivity contribution < 1.29 is 19.1 Å². The molecule has 0 N–H and O–H groups in total. The molecule has 0 aromatic rings. The molecule has 0 unspecified atom stereocenters. The van der Waals surface area contributed by atoms with Gasteiger partial charge in [-0.1, -0.05) is 13.2 Å². The number of hydrogen-bond acceptors (Lipinski definition) is 6. The summed E-state index contributed by atoms with van der Waals surface area (Å²) in [5, 5.41) is 0. The average Bonchev–Trinajstić information content (AvgIpc) is 2.48. The molecular formula is C16H30N2O4. The van der Waals surface area contributed by atoms with Crippen LogP contribution in [-0.2, 0) is 19.1 Å². The van der Waals surface area contributed by atoms with Crippen molar-refractivity contribution in [3.05, 3.63) is 24.6 Å². The Hall–Kier alpha value is -1.98. The molecule has 0 bridgehead atoms. The van der Waals surface area contributed by atoms with Crippen LogP contribution in [0, 0.1) is 0 Å². The molecule has 0 atom stereocenters. The van der Waals surface area contributed by atoms with Crippen molar-refractivity contribution in [3.8, 4) is 0 Å². The molecule has 128 valence electrons. The van der Waals surface area contributed by atoms with Gasteiger partial charge in [0.2, 0.25) is 0 Å². The van der Waals surface area contributed by atoms with Gasteiger partial charge in [-0.15, -0.1) is 0 Å². The third-order valence-corrected chi connectivity index (χ3v) is 2.71. The summed E-state index contributed by atoms with van der Waals surface area (Å²) in [6, 6.07) is 0. The minimum Gasteiger partial charge on any atom is -0.461 e. The van der Waals surface area contributed by atoms with E-state index >= 15 is 0 Å². The Morgan fingerprint density at radius 1 is 0.818 bits per heavy atom. The third-order valence-electron chi connectivity index (χ3n) is 2.71. The van der Waals surface area contributed by atoms with E-state index < -0.39 is 0 Å². The van der Waals surface area contributed by atoms with E-state index in [0.717, 1.165) is 13.1 Å². The molecule has 0 aromatic heterocycles. The van der Waals surface area contributed by atoms with Crippen molar-refractivity contribution in [2.75, 3.05) is 40.4 Å². The molecule has 0 aliphatic heterocycles. The highest BCUT2D eigenvalue weighted by Gasteiger charge is 2.12. The third kappa shape index (κ3) is 9.05. The predicted octanol–water partition coefficient (Wildman–Crippen LogP) is 2.03. The maximum atomic E-state index is 11.1. The molecule has 6 nitrogen and oxygen atoms in total. The Labute approximate surface area is 134 Å². The summed E-state index contributed by atoms with van der Waals surface area (Å²) < 4.78 is 9.49. The lowest BCUT2D eigenvalue weighted by Crippen LogP contribution is -2.27. The molecule has 0 fully saturated rings. The Balaban J connectivity index is 0. The number of esters is 2. The summed E-state index contributed by atoms with van der Waals surface area (Å²) in [5.41, 5.74) is 0.823. The molecule has 0 aliphatic rings. The molecule has 6 heteroatoms. The van der Waals surface area contributed by atoms with Gasteiger partial charge >= 0.3 is 11.9 Å². The molecule has 0 rings (SSSR count). The van der Waals surface area contributed by atoms with E-state index in [1.165, 1.54) is 0 Å². The first kappa shape index (κ1) is 22.3. The van der Waals surface area contributed by atoms with Crippen LogP contribution in [0.15, 0.2) is 24.6 Å². The quantitative estimate of drug-likeness (QED) is 0.505. The molecule has 0 saturated carbocycles.